The van der Waals surface area contributed by atoms with Gasteiger partial charge in [0.15, 0.2) is 0 Å². The Labute approximate surface area is 166 Å². The molecule has 1 fully saturated rings. The van der Waals surface area contributed by atoms with Crippen LogP contribution in [0, 0.1) is 5.92 Å². The Morgan fingerprint density at radius 3 is 2.41 bits per heavy atom. The molecule has 1 aromatic carbocycles. The number of hydrogen-bond acceptors (Lipinski definition) is 1. The van der Waals surface area contributed by atoms with Crippen molar-refractivity contribution >= 4 is 5.91 Å². The van der Waals surface area contributed by atoms with Crippen molar-refractivity contribution in [1.82, 2.24) is 5.32 Å². The first-order chi connectivity index (χ1) is 13.1. The average molecular weight is 370 g/mol. The fourth-order valence-corrected chi connectivity index (χ4v) is 4.19. The quantitative estimate of drug-likeness (QED) is 0.367. The number of hydrogen-bond donors (Lipinski definition) is 1. The van der Waals surface area contributed by atoms with E-state index in [0.717, 1.165) is 36.8 Å². The van der Waals surface area contributed by atoms with E-state index in [2.05, 4.69) is 36.5 Å². The van der Waals surface area contributed by atoms with Crippen LogP contribution < -0.4 is 5.32 Å². The van der Waals surface area contributed by atoms with E-state index in [1.807, 2.05) is 19.9 Å². The molecule has 0 unspecified atom stereocenters. The molecule has 0 radical (unpaired) electrons. The van der Waals surface area contributed by atoms with Gasteiger partial charge in [0.05, 0.1) is 0 Å². The van der Waals surface area contributed by atoms with Crippen LogP contribution in [-0.2, 0) is 11.2 Å². The third-order valence-corrected chi connectivity index (χ3v) is 6.23. The molecule has 1 aliphatic carbocycles. The Morgan fingerprint density at radius 2 is 1.78 bits per heavy atom. The Balaban J connectivity index is 1.69. The standard InChI is InChI=1S/C25H39NO/c1-4-6-7-9-21-11-15-23(16-12-21)24-17-13-22(14-18-24)10-8-19-26-25(27)20(3)5-2/h5,13-14,17-18,21,23H,4,6-12,15-16,19H2,1-3H3,(H,26,27)/b20-5+. The maximum absolute atomic E-state index is 11.7. The molecule has 1 aliphatic rings. The summed E-state index contributed by atoms with van der Waals surface area (Å²) in [6.07, 6.45) is 15.1. The van der Waals surface area contributed by atoms with Gasteiger partial charge in [-0.25, -0.2) is 0 Å². The van der Waals surface area contributed by atoms with Gasteiger partial charge < -0.3 is 5.32 Å². The van der Waals surface area contributed by atoms with Gasteiger partial charge in [-0.15, -0.1) is 0 Å². The molecule has 2 heteroatoms. The van der Waals surface area contributed by atoms with Crippen LogP contribution >= 0.6 is 0 Å². The van der Waals surface area contributed by atoms with E-state index in [1.54, 1.807) is 0 Å². The van der Waals surface area contributed by atoms with E-state index in [9.17, 15) is 4.79 Å². The van der Waals surface area contributed by atoms with Gasteiger partial charge in [0.1, 0.15) is 0 Å². The molecule has 1 saturated carbocycles. The van der Waals surface area contributed by atoms with Gasteiger partial charge in [0, 0.05) is 12.1 Å². The Morgan fingerprint density at radius 1 is 1.07 bits per heavy atom. The fraction of sp³-hybridized carbons (Fsp3) is 0.640. The summed E-state index contributed by atoms with van der Waals surface area (Å²) >= 11 is 0. The minimum absolute atomic E-state index is 0.0538. The van der Waals surface area contributed by atoms with Crippen LogP contribution in [0.5, 0.6) is 0 Å². The molecule has 0 saturated heterocycles. The number of nitrogens with one attached hydrogen (secondary N) is 1. The van der Waals surface area contributed by atoms with E-state index < -0.39 is 0 Å². The van der Waals surface area contributed by atoms with Crippen LogP contribution in [-0.4, -0.2) is 12.5 Å². The van der Waals surface area contributed by atoms with E-state index in [1.165, 1.54) is 62.5 Å². The number of allylic oxidation sites excluding steroid dienone is 1. The highest BCUT2D eigenvalue weighted by atomic mass is 16.1. The second-order valence-electron chi connectivity index (χ2n) is 8.29. The van der Waals surface area contributed by atoms with Crippen LogP contribution in [0.1, 0.15) is 95.6 Å². The van der Waals surface area contributed by atoms with E-state index in [0.29, 0.717) is 0 Å². The third kappa shape index (κ3) is 7.52. The van der Waals surface area contributed by atoms with Gasteiger partial charge in [-0.3, -0.25) is 4.79 Å². The van der Waals surface area contributed by atoms with Gasteiger partial charge in [-0.2, -0.15) is 0 Å². The fourth-order valence-electron chi connectivity index (χ4n) is 4.19. The van der Waals surface area contributed by atoms with Crippen molar-refractivity contribution in [2.45, 2.75) is 90.9 Å². The van der Waals surface area contributed by atoms with Crippen LogP contribution in [0.25, 0.3) is 0 Å². The molecule has 1 amide bonds. The van der Waals surface area contributed by atoms with Crippen LogP contribution in [0.15, 0.2) is 35.9 Å². The lowest BCUT2D eigenvalue weighted by Crippen LogP contribution is -2.25. The number of carbonyl (C=O) groups excluding carboxylic acids is 1. The first kappa shape index (κ1) is 21.7. The molecule has 1 N–H and O–H groups in total. The number of benzene rings is 1. The van der Waals surface area contributed by atoms with Crippen molar-refractivity contribution in [3.63, 3.8) is 0 Å². The van der Waals surface area contributed by atoms with E-state index in [4.69, 9.17) is 0 Å². The molecule has 0 atom stereocenters. The molecular weight excluding hydrogens is 330 g/mol. The number of amides is 1. The van der Waals surface area contributed by atoms with Gasteiger partial charge >= 0.3 is 0 Å². The molecule has 0 aliphatic heterocycles. The summed E-state index contributed by atoms with van der Waals surface area (Å²) in [6, 6.07) is 9.28. The average Bonchev–Trinajstić information content (AvgIpc) is 2.71. The molecule has 0 spiro atoms. The predicted molar refractivity (Wildman–Crippen MR) is 116 cm³/mol. The number of rotatable bonds is 10. The highest BCUT2D eigenvalue weighted by Crippen LogP contribution is 2.37. The summed E-state index contributed by atoms with van der Waals surface area (Å²) < 4.78 is 0. The SMILES string of the molecule is C/C=C(\C)C(=O)NCCCc1ccc(C2CCC(CCCCC)CC2)cc1. The molecule has 27 heavy (non-hydrogen) atoms. The number of carbonyl (C=O) groups is 1. The molecule has 2 rings (SSSR count). The molecule has 0 heterocycles. The summed E-state index contributed by atoms with van der Waals surface area (Å²) in [5.74, 6) is 1.80. The first-order valence-electron chi connectivity index (χ1n) is 11.1. The lowest BCUT2D eigenvalue weighted by molar-refractivity contribution is -0.117. The van der Waals surface area contributed by atoms with Crippen molar-refractivity contribution in [3.05, 3.63) is 47.0 Å². The maximum atomic E-state index is 11.7. The minimum Gasteiger partial charge on any atom is -0.352 e. The molecule has 0 bridgehead atoms. The second kappa shape index (κ2) is 12.0. The van der Waals surface area contributed by atoms with Crippen LogP contribution in [0.3, 0.4) is 0 Å². The molecule has 0 aromatic heterocycles. The smallest absolute Gasteiger partial charge is 0.246 e. The van der Waals surface area contributed by atoms with Gasteiger partial charge in [-0.05, 0) is 75.3 Å². The minimum atomic E-state index is 0.0538. The van der Waals surface area contributed by atoms with Gasteiger partial charge in [0.2, 0.25) is 5.91 Å². The molecule has 150 valence electrons. The summed E-state index contributed by atoms with van der Waals surface area (Å²) in [5, 5.41) is 2.98. The predicted octanol–water partition coefficient (Wildman–Crippen LogP) is 6.56. The highest BCUT2D eigenvalue weighted by molar-refractivity contribution is 5.92. The van der Waals surface area contributed by atoms with Crippen LogP contribution in [0.4, 0.5) is 0 Å². The molecular formula is C25H39NO. The largest absolute Gasteiger partial charge is 0.352 e. The third-order valence-electron chi connectivity index (χ3n) is 6.23. The van der Waals surface area contributed by atoms with Gasteiger partial charge in [0.25, 0.3) is 0 Å². The molecule has 1 aromatic rings. The van der Waals surface area contributed by atoms with Crippen molar-refractivity contribution in [3.8, 4) is 0 Å². The lowest BCUT2D eigenvalue weighted by Gasteiger charge is -2.29. The molecule has 2 nitrogen and oxygen atoms in total. The maximum Gasteiger partial charge on any atom is 0.246 e. The second-order valence-corrected chi connectivity index (χ2v) is 8.29. The number of unbranched alkanes of at least 4 members (excludes halogenated alkanes) is 2. The summed E-state index contributed by atoms with van der Waals surface area (Å²) in [6.45, 7) is 6.79. The van der Waals surface area contributed by atoms with Gasteiger partial charge in [-0.1, -0.05) is 62.9 Å². The van der Waals surface area contributed by atoms with Crippen molar-refractivity contribution in [2.75, 3.05) is 6.54 Å². The lowest BCUT2D eigenvalue weighted by atomic mass is 9.77. The van der Waals surface area contributed by atoms with Crippen LogP contribution in [0.2, 0.25) is 0 Å². The van der Waals surface area contributed by atoms with E-state index >= 15 is 0 Å². The zero-order chi connectivity index (χ0) is 19.5. The summed E-state index contributed by atoms with van der Waals surface area (Å²) in [7, 11) is 0. The topological polar surface area (TPSA) is 29.1 Å². The normalized spacial score (nSPS) is 20.5. The Hall–Kier alpha value is -1.57. The Kier molecular flexibility index (Phi) is 9.66. The summed E-state index contributed by atoms with van der Waals surface area (Å²) in [4.78, 5) is 11.7. The Bertz CT molecular complexity index is 579. The zero-order valence-electron chi connectivity index (χ0n) is 17.7. The number of aryl methyl sites for hydroxylation is 1. The summed E-state index contributed by atoms with van der Waals surface area (Å²) in [5.41, 5.74) is 3.70. The zero-order valence-corrected chi connectivity index (χ0v) is 17.7. The van der Waals surface area contributed by atoms with Crippen molar-refractivity contribution < 1.29 is 4.79 Å². The van der Waals surface area contributed by atoms with Crippen molar-refractivity contribution in [1.29, 1.82) is 0 Å². The van der Waals surface area contributed by atoms with E-state index in [-0.39, 0.29) is 5.91 Å². The monoisotopic (exact) mass is 369 g/mol. The van der Waals surface area contributed by atoms with Crippen molar-refractivity contribution in [2.24, 2.45) is 5.92 Å². The first-order valence-corrected chi connectivity index (χ1v) is 11.1. The highest BCUT2D eigenvalue weighted by Gasteiger charge is 2.21.